The van der Waals surface area contributed by atoms with Crippen molar-refractivity contribution in [3.8, 4) is 11.3 Å². The number of urea groups is 1. The molecule has 0 radical (unpaired) electrons. The monoisotopic (exact) mass is 394 g/mol. The largest absolute Gasteiger partial charge is 0.457 e. The van der Waals surface area contributed by atoms with Crippen LogP contribution in [0.4, 0.5) is 19.3 Å². The third-order valence-corrected chi connectivity index (χ3v) is 4.23. The van der Waals surface area contributed by atoms with Gasteiger partial charge in [-0.15, -0.1) is 0 Å². The first-order valence-electron chi connectivity index (χ1n) is 8.45. The van der Waals surface area contributed by atoms with Crippen LogP contribution in [-0.4, -0.2) is 17.8 Å². The number of furan rings is 1. The fourth-order valence-electron chi connectivity index (χ4n) is 2.82. The summed E-state index contributed by atoms with van der Waals surface area (Å²) in [7, 11) is 0. The summed E-state index contributed by atoms with van der Waals surface area (Å²) in [6.07, 6.45) is 1.20. The highest BCUT2D eigenvalue weighted by atomic mass is 19.1. The SMILES string of the molecule is O=C1NC(=O)N(c2ccc(F)cc2)C(=O)C1=Cc1ccc(-c2ccc(F)cc2)o1. The zero-order chi connectivity index (χ0) is 20.5. The normalized spacial score (nSPS) is 15.7. The van der Waals surface area contributed by atoms with Gasteiger partial charge in [0.1, 0.15) is 28.7 Å². The molecule has 4 amide bonds. The Balaban J connectivity index is 1.66. The van der Waals surface area contributed by atoms with Crippen LogP contribution in [0.15, 0.2) is 70.7 Å². The molecule has 0 unspecified atom stereocenters. The number of anilines is 1. The second-order valence-electron chi connectivity index (χ2n) is 6.14. The molecular formula is C21H12F2N2O4. The zero-order valence-corrected chi connectivity index (χ0v) is 14.7. The molecule has 0 saturated carbocycles. The molecule has 1 aromatic heterocycles. The highest BCUT2D eigenvalue weighted by molar-refractivity contribution is 6.39. The summed E-state index contributed by atoms with van der Waals surface area (Å²) >= 11 is 0. The molecule has 0 aliphatic carbocycles. The second kappa shape index (κ2) is 7.16. The van der Waals surface area contributed by atoms with Gasteiger partial charge in [0.05, 0.1) is 5.69 Å². The number of rotatable bonds is 3. The van der Waals surface area contributed by atoms with Crippen LogP contribution in [0.3, 0.4) is 0 Å². The minimum absolute atomic E-state index is 0.110. The Morgan fingerprint density at radius 3 is 2.10 bits per heavy atom. The Morgan fingerprint density at radius 2 is 1.45 bits per heavy atom. The highest BCUT2D eigenvalue weighted by Crippen LogP contribution is 2.26. The molecule has 3 aromatic rings. The van der Waals surface area contributed by atoms with Gasteiger partial charge in [-0.05, 0) is 66.7 Å². The molecule has 8 heteroatoms. The summed E-state index contributed by atoms with van der Waals surface area (Å²) in [6.45, 7) is 0. The minimum Gasteiger partial charge on any atom is -0.457 e. The molecule has 1 saturated heterocycles. The number of barbiturate groups is 1. The van der Waals surface area contributed by atoms with Crippen molar-refractivity contribution in [1.82, 2.24) is 5.32 Å². The summed E-state index contributed by atoms with van der Waals surface area (Å²) in [6, 6.07) is 12.5. The highest BCUT2D eigenvalue weighted by Gasteiger charge is 2.37. The zero-order valence-electron chi connectivity index (χ0n) is 14.7. The summed E-state index contributed by atoms with van der Waals surface area (Å²) in [5, 5.41) is 2.07. The van der Waals surface area contributed by atoms with Gasteiger partial charge in [-0.25, -0.2) is 18.5 Å². The maximum absolute atomic E-state index is 13.1. The lowest BCUT2D eigenvalue weighted by atomic mass is 10.1. The first kappa shape index (κ1) is 18.3. The van der Waals surface area contributed by atoms with E-state index in [1.54, 1.807) is 6.07 Å². The van der Waals surface area contributed by atoms with Crippen molar-refractivity contribution in [2.24, 2.45) is 0 Å². The second-order valence-corrected chi connectivity index (χ2v) is 6.14. The lowest BCUT2D eigenvalue weighted by Crippen LogP contribution is -2.54. The van der Waals surface area contributed by atoms with Gasteiger partial charge in [0.2, 0.25) is 0 Å². The van der Waals surface area contributed by atoms with E-state index < -0.39 is 29.5 Å². The molecule has 0 bridgehead atoms. The summed E-state index contributed by atoms with van der Waals surface area (Å²) in [5.41, 5.74) is 0.395. The predicted octanol–water partition coefficient (Wildman–Crippen LogP) is 3.89. The van der Waals surface area contributed by atoms with Gasteiger partial charge in [0.25, 0.3) is 11.8 Å². The number of carbonyl (C=O) groups excluding carboxylic acids is 3. The van der Waals surface area contributed by atoms with Crippen LogP contribution < -0.4 is 10.2 Å². The predicted molar refractivity (Wildman–Crippen MR) is 99.5 cm³/mol. The van der Waals surface area contributed by atoms with Gasteiger partial charge in [-0.1, -0.05) is 0 Å². The Hall–Kier alpha value is -4.07. The van der Waals surface area contributed by atoms with Crippen molar-refractivity contribution >= 4 is 29.6 Å². The lowest BCUT2D eigenvalue weighted by Gasteiger charge is -2.26. The molecule has 2 aromatic carbocycles. The average molecular weight is 394 g/mol. The molecule has 29 heavy (non-hydrogen) atoms. The smallest absolute Gasteiger partial charge is 0.335 e. The molecular weight excluding hydrogens is 382 g/mol. The number of halogens is 2. The number of hydrogen-bond acceptors (Lipinski definition) is 4. The fraction of sp³-hybridized carbons (Fsp3) is 0. The van der Waals surface area contributed by atoms with Crippen molar-refractivity contribution in [2.45, 2.75) is 0 Å². The first-order chi connectivity index (χ1) is 13.9. The van der Waals surface area contributed by atoms with Crippen molar-refractivity contribution in [3.05, 3.63) is 83.6 Å². The van der Waals surface area contributed by atoms with Crippen LogP contribution in [-0.2, 0) is 9.59 Å². The first-order valence-corrected chi connectivity index (χ1v) is 8.45. The number of benzene rings is 2. The van der Waals surface area contributed by atoms with Gasteiger partial charge in [-0.3, -0.25) is 14.9 Å². The summed E-state index contributed by atoms with van der Waals surface area (Å²) in [5.74, 6) is -2.07. The number of nitrogens with one attached hydrogen (secondary N) is 1. The van der Waals surface area contributed by atoms with E-state index >= 15 is 0 Å². The third kappa shape index (κ3) is 3.55. The van der Waals surface area contributed by atoms with Crippen molar-refractivity contribution < 1.29 is 27.6 Å². The number of carbonyl (C=O) groups is 3. The van der Waals surface area contributed by atoms with E-state index in [-0.39, 0.29) is 17.0 Å². The number of imide groups is 2. The maximum Gasteiger partial charge on any atom is 0.335 e. The van der Waals surface area contributed by atoms with E-state index in [1.165, 1.54) is 48.5 Å². The Morgan fingerprint density at radius 1 is 0.828 bits per heavy atom. The van der Waals surface area contributed by atoms with Crippen LogP contribution in [0.2, 0.25) is 0 Å². The van der Waals surface area contributed by atoms with Crippen molar-refractivity contribution in [3.63, 3.8) is 0 Å². The molecule has 1 N–H and O–H groups in total. The molecule has 1 aliphatic rings. The maximum atomic E-state index is 13.1. The molecule has 0 atom stereocenters. The lowest BCUT2D eigenvalue weighted by molar-refractivity contribution is -0.122. The molecule has 2 heterocycles. The fourth-order valence-corrected chi connectivity index (χ4v) is 2.82. The molecule has 144 valence electrons. The van der Waals surface area contributed by atoms with Gasteiger partial charge in [0, 0.05) is 5.56 Å². The Labute approximate surface area is 163 Å². The van der Waals surface area contributed by atoms with E-state index in [1.807, 2.05) is 0 Å². The molecule has 6 nitrogen and oxygen atoms in total. The van der Waals surface area contributed by atoms with Crippen LogP contribution in [0.1, 0.15) is 5.76 Å². The van der Waals surface area contributed by atoms with Crippen molar-refractivity contribution in [2.75, 3.05) is 4.90 Å². The average Bonchev–Trinajstić information content (AvgIpc) is 3.16. The number of nitrogens with zero attached hydrogens (tertiary/aromatic N) is 1. The van der Waals surface area contributed by atoms with Crippen LogP contribution in [0.25, 0.3) is 17.4 Å². The number of hydrogen-bond donors (Lipinski definition) is 1. The van der Waals surface area contributed by atoms with E-state index in [2.05, 4.69) is 5.32 Å². The van der Waals surface area contributed by atoms with E-state index in [4.69, 9.17) is 4.42 Å². The standard InChI is InChI=1S/C21H12F2N2O4/c22-13-3-1-12(2-4-13)18-10-9-16(29-18)11-17-19(26)24-21(28)25(20(17)27)15-7-5-14(23)6-8-15/h1-11H,(H,24,26,28). The summed E-state index contributed by atoms with van der Waals surface area (Å²) in [4.78, 5) is 37.8. The minimum atomic E-state index is -0.935. The van der Waals surface area contributed by atoms with E-state index in [9.17, 15) is 23.2 Å². The van der Waals surface area contributed by atoms with Crippen LogP contribution in [0, 0.1) is 11.6 Å². The summed E-state index contributed by atoms with van der Waals surface area (Å²) < 4.78 is 31.8. The number of amides is 4. The molecule has 1 aliphatic heterocycles. The van der Waals surface area contributed by atoms with Gasteiger partial charge < -0.3 is 4.42 Å². The third-order valence-electron chi connectivity index (χ3n) is 4.23. The molecule has 4 rings (SSSR count). The Kier molecular flexibility index (Phi) is 4.52. The van der Waals surface area contributed by atoms with Crippen LogP contribution >= 0.6 is 0 Å². The van der Waals surface area contributed by atoms with Crippen molar-refractivity contribution in [1.29, 1.82) is 0 Å². The van der Waals surface area contributed by atoms with Gasteiger partial charge in [-0.2, -0.15) is 0 Å². The van der Waals surface area contributed by atoms with E-state index in [0.29, 0.717) is 11.3 Å². The molecule has 1 fully saturated rings. The van der Waals surface area contributed by atoms with Gasteiger partial charge >= 0.3 is 6.03 Å². The Bertz CT molecular complexity index is 1150. The topological polar surface area (TPSA) is 79.6 Å². The van der Waals surface area contributed by atoms with Gasteiger partial charge in [0.15, 0.2) is 0 Å². The molecule has 0 spiro atoms. The van der Waals surface area contributed by atoms with E-state index in [0.717, 1.165) is 17.0 Å². The van der Waals surface area contributed by atoms with Crippen LogP contribution in [0.5, 0.6) is 0 Å². The quantitative estimate of drug-likeness (QED) is 0.540.